The summed E-state index contributed by atoms with van der Waals surface area (Å²) in [6, 6.07) is 7.48. The first-order valence-electron chi connectivity index (χ1n) is 6.84. The third kappa shape index (κ3) is 6.68. The predicted octanol–water partition coefficient (Wildman–Crippen LogP) is 2.80. The van der Waals surface area contributed by atoms with Crippen LogP contribution < -0.4 is 5.73 Å². The van der Waals surface area contributed by atoms with Gasteiger partial charge in [0.05, 0.1) is 19.3 Å². The molecule has 2 atom stereocenters. The average Bonchev–Trinajstić information content (AvgIpc) is 2.43. The Morgan fingerprint density at radius 3 is 2.40 bits per heavy atom. The molecule has 0 spiro atoms. The number of benzene rings is 1. The van der Waals surface area contributed by atoms with E-state index in [4.69, 9.17) is 31.5 Å². The molecule has 0 saturated heterocycles. The van der Waals surface area contributed by atoms with Crippen molar-refractivity contribution in [3.8, 4) is 0 Å². The average molecular weight is 302 g/mol. The van der Waals surface area contributed by atoms with Crippen LogP contribution in [-0.4, -0.2) is 39.6 Å². The summed E-state index contributed by atoms with van der Waals surface area (Å²) in [5.41, 5.74) is 7.00. The van der Waals surface area contributed by atoms with Gasteiger partial charge in [-0.2, -0.15) is 0 Å². The molecule has 0 bridgehead atoms. The van der Waals surface area contributed by atoms with Crippen LogP contribution in [-0.2, 0) is 14.2 Å². The van der Waals surface area contributed by atoms with E-state index < -0.39 is 0 Å². The van der Waals surface area contributed by atoms with Crippen molar-refractivity contribution in [2.45, 2.75) is 25.5 Å². The minimum absolute atomic E-state index is 0.0929. The van der Waals surface area contributed by atoms with Crippen LogP contribution in [0.4, 0.5) is 0 Å². The van der Waals surface area contributed by atoms with Crippen molar-refractivity contribution in [1.82, 2.24) is 0 Å². The number of nitrogens with two attached hydrogens (primary N) is 1. The van der Waals surface area contributed by atoms with Gasteiger partial charge in [0.25, 0.3) is 0 Å². The lowest BCUT2D eigenvalue weighted by Crippen LogP contribution is -2.28. The molecule has 5 heteroatoms. The highest BCUT2D eigenvalue weighted by Gasteiger charge is 2.16. The largest absolute Gasteiger partial charge is 0.385 e. The van der Waals surface area contributed by atoms with Crippen LogP contribution in [0.25, 0.3) is 0 Å². The topological polar surface area (TPSA) is 53.7 Å². The molecule has 0 aliphatic carbocycles. The van der Waals surface area contributed by atoms with E-state index in [1.165, 1.54) is 0 Å². The Kier molecular flexibility index (Phi) is 8.82. The zero-order valence-electron chi connectivity index (χ0n) is 12.2. The summed E-state index contributed by atoms with van der Waals surface area (Å²) in [6.45, 7) is 4.40. The number of hydrogen-bond donors (Lipinski definition) is 1. The third-order valence-corrected chi connectivity index (χ3v) is 3.09. The molecule has 1 rings (SSSR count). The Labute approximate surface area is 126 Å². The van der Waals surface area contributed by atoms with Crippen LogP contribution in [0.15, 0.2) is 24.3 Å². The Morgan fingerprint density at radius 1 is 1.10 bits per heavy atom. The van der Waals surface area contributed by atoms with Crippen molar-refractivity contribution in [3.05, 3.63) is 34.9 Å². The fraction of sp³-hybridized carbons (Fsp3) is 0.600. The highest BCUT2D eigenvalue weighted by Crippen LogP contribution is 2.22. The van der Waals surface area contributed by atoms with Crippen molar-refractivity contribution in [3.63, 3.8) is 0 Å². The molecule has 4 nitrogen and oxygen atoms in total. The molecule has 114 valence electrons. The molecule has 0 radical (unpaired) electrons. The van der Waals surface area contributed by atoms with E-state index in [0.717, 1.165) is 12.0 Å². The number of rotatable bonds is 10. The Morgan fingerprint density at radius 2 is 1.80 bits per heavy atom. The molecule has 0 amide bonds. The fourth-order valence-corrected chi connectivity index (χ4v) is 1.97. The van der Waals surface area contributed by atoms with E-state index in [2.05, 4.69) is 0 Å². The minimum atomic E-state index is -0.144. The maximum Gasteiger partial charge on any atom is 0.0974 e. The van der Waals surface area contributed by atoms with Crippen molar-refractivity contribution >= 4 is 11.6 Å². The lowest BCUT2D eigenvalue weighted by Gasteiger charge is -2.22. The maximum absolute atomic E-state index is 5.97. The Hall–Kier alpha value is -0.650. The normalized spacial score (nSPS) is 14.2. The van der Waals surface area contributed by atoms with Crippen LogP contribution in [0.1, 0.15) is 25.0 Å². The Bertz CT molecular complexity index is 357. The van der Waals surface area contributed by atoms with Crippen molar-refractivity contribution in [1.29, 1.82) is 0 Å². The lowest BCUT2D eigenvalue weighted by molar-refractivity contribution is -0.00763. The highest BCUT2D eigenvalue weighted by atomic mass is 35.5. The molecular formula is C15H24ClNO3. The fourth-order valence-electron chi connectivity index (χ4n) is 1.85. The lowest BCUT2D eigenvalue weighted by atomic mass is 10.0. The molecule has 2 N–H and O–H groups in total. The van der Waals surface area contributed by atoms with E-state index in [0.29, 0.717) is 31.5 Å². The molecule has 0 aromatic heterocycles. The van der Waals surface area contributed by atoms with Gasteiger partial charge in [-0.1, -0.05) is 23.7 Å². The van der Waals surface area contributed by atoms with Crippen LogP contribution in [0.3, 0.4) is 0 Å². The highest BCUT2D eigenvalue weighted by molar-refractivity contribution is 6.30. The van der Waals surface area contributed by atoms with Gasteiger partial charge in [0.15, 0.2) is 0 Å². The number of halogens is 1. The van der Waals surface area contributed by atoms with Gasteiger partial charge in [-0.15, -0.1) is 0 Å². The van der Waals surface area contributed by atoms with E-state index in [1.54, 1.807) is 7.11 Å². The summed E-state index contributed by atoms with van der Waals surface area (Å²) in [7, 11) is 1.68. The molecule has 2 unspecified atom stereocenters. The van der Waals surface area contributed by atoms with Crippen LogP contribution >= 0.6 is 11.6 Å². The third-order valence-electron chi connectivity index (χ3n) is 2.84. The summed E-state index contributed by atoms with van der Waals surface area (Å²) in [5.74, 6) is 0. The molecule has 0 aliphatic rings. The van der Waals surface area contributed by atoms with Crippen molar-refractivity contribution in [2.75, 3.05) is 33.5 Å². The Balaban J connectivity index is 2.31. The van der Waals surface area contributed by atoms with Gasteiger partial charge >= 0.3 is 0 Å². The van der Waals surface area contributed by atoms with Gasteiger partial charge in [-0.05, 0) is 31.0 Å². The van der Waals surface area contributed by atoms with Gasteiger partial charge in [-0.25, -0.2) is 0 Å². The first-order chi connectivity index (χ1) is 9.65. The second kappa shape index (κ2) is 10.1. The monoisotopic (exact) mass is 301 g/mol. The molecule has 20 heavy (non-hydrogen) atoms. The maximum atomic E-state index is 5.97. The van der Waals surface area contributed by atoms with E-state index in [1.807, 2.05) is 31.2 Å². The quantitative estimate of drug-likeness (QED) is 0.675. The predicted molar refractivity (Wildman–Crippen MR) is 81.1 cm³/mol. The van der Waals surface area contributed by atoms with Gasteiger partial charge in [0.2, 0.25) is 0 Å². The molecule has 0 aliphatic heterocycles. The zero-order valence-corrected chi connectivity index (χ0v) is 12.9. The summed E-state index contributed by atoms with van der Waals surface area (Å²) in [4.78, 5) is 0. The SMILES string of the molecule is COCCCOCCOC(c1ccc(Cl)cc1)C(C)N. The number of ether oxygens (including phenoxy) is 3. The summed E-state index contributed by atoms with van der Waals surface area (Å²) in [6.07, 6.45) is 0.750. The summed E-state index contributed by atoms with van der Waals surface area (Å²) >= 11 is 5.88. The smallest absolute Gasteiger partial charge is 0.0974 e. The molecular weight excluding hydrogens is 278 g/mol. The van der Waals surface area contributed by atoms with E-state index >= 15 is 0 Å². The molecule has 0 fully saturated rings. The van der Waals surface area contributed by atoms with Gasteiger partial charge in [0.1, 0.15) is 0 Å². The molecule has 0 heterocycles. The number of methoxy groups -OCH3 is 1. The van der Waals surface area contributed by atoms with Crippen molar-refractivity contribution in [2.24, 2.45) is 5.73 Å². The summed E-state index contributed by atoms with van der Waals surface area (Å²) in [5, 5.41) is 0.707. The molecule has 0 saturated carbocycles. The molecule has 1 aromatic rings. The zero-order chi connectivity index (χ0) is 14.8. The minimum Gasteiger partial charge on any atom is -0.385 e. The first-order valence-corrected chi connectivity index (χ1v) is 7.22. The van der Waals surface area contributed by atoms with Crippen LogP contribution in [0, 0.1) is 0 Å². The second-order valence-electron chi connectivity index (χ2n) is 4.66. The summed E-state index contributed by atoms with van der Waals surface area (Å²) < 4.78 is 16.2. The van der Waals surface area contributed by atoms with E-state index in [-0.39, 0.29) is 12.1 Å². The van der Waals surface area contributed by atoms with Gasteiger partial charge in [0, 0.05) is 31.4 Å². The van der Waals surface area contributed by atoms with Crippen LogP contribution in [0.5, 0.6) is 0 Å². The standard InChI is InChI=1S/C15H24ClNO3/c1-12(17)15(13-4-6-14(16)7-5-13)20-11-10-19-9-3-8-18-2/h4-7,12,15H,3,8-11,17H2,1-2H3. The van der Waals surface area contributed by atoms with Gasteiger partial charge in [-0.3, -0.25) is 0 Å². The second-order valence-corrected chi connectivity index (χ2v) is 5.10. The van der Waals surface area contributed by atoms with E-state index in [9.17, 15) is 0 Å². The molecule has 1 aromatic carbocycles. The first kappa shape index (κ1) is 17.4. The van der Waals surface area contributed by atoms with Crippen molar-refractivity contribution < 1.29 is 14.2 Å². The van der Waals surface area contributed by atoms with Gasteiger partial charge < -0.3 is 19.9 Å². The van der Waals surface area contributed by atoms with Crippen LogP contribution in [0.2, 0.25) is 5.02 Å². The number of hydrogen-bond acceptors (Lipinski definition) is 4.